The van der Waals surface area contributed by atoms with E-state index in [1.165, 1.54) is 19.2 Å². The second kappa shape index (κ2) is 3.65. The first-order valence-electron chi connectivity index (χ1n) is 5.06. The first kappa shape index (κ1) is 11.8. The van der Waals surface area contributed by atoms with E-state index in [1.54, 1.807) is 6.92 Å². The van der Waals surface area contributed by atoms with E-state index in [-0.39, 0.29) is 11.6 Å². The second-order valence-corrected chi connectivity index (χ2v) is 3.96. The number of alkyl halides is 3. The molecule has 0 aliphatic carbocycles. The Labute approximate surface area is 96.2 Å². The van der Waals surface area contributed by atoms with Crippen molar-refractivity contribution in [3.8, 4) is 0 Å². The van der Waals surface area contributed by atoms with Gasteiger partial charge >= 0.3 is 6.18 Å². The Morgan fingerprint density at radius 3 is 2.59 bits per heavy atom. The number of amides is 1. The van der Waals surface area contributed by atoms with Crippen LogP contribution in [0.1, 0.15) is 12.5 Å². The zero-order valence-corrected chi connectivity index (χ0v) is 9.30. The third-order valence-electron chi connectivity index (χ3n) is 2.75. The molecule has 3 nitrogen and oxygen atoms in total. The van der Waals surface area contributed by atoms with E-state index in [1.807, 2.05) is 0 Å². The van der Waals surface area contributed by atoms with Gasteiger partial charge in [-0.15, -0.1) is 0 Å². The molecule has 1 unspecified atom stereocenters. The molecule has 2 rings (SSSR count). The Kier molecular flexibility index (Phi) is 2.52. The Balaban J connectivity index is 2.62. The van der Waals surface area contributed by atoms with Crippen molar-refractivity contribution in [3.05, 3.63) is 23.8 Å². The van der Waals surface area contributed by atoms with Crippen LogP contribution < -0.4 is 10.2 Å². The fourth-order valence-corrected chi connectivity index (χ4v) is 1.95. The molecule has 0 fully saturated rings. The highest BCUT2D eigenvalue weighted by atomic mass is 19.4. The van der Waals surface area contributed by atoms with Crippen molar-refractivity contribution in [1.29, 1.82) is 0 Å². The molecule has 1 aromatic rings. The number of hydrogen-bond donors (Lipinski definition) is 1. The Bertz CT molecular complexity index is 470. The number of anilines is 2. The molecule has 92 valence electrons. The first-order chi connectivity index (χ1) is 7.82. The Morgan fingerprint density at radius 2 is 2.00 bits per heavy atom. The minimum Gasteiger partial charge on any atom is -0.372 e. The monoisotopic (exact) mass is 244 g/mol. The maximum atomic E-state index is 12.8. The molecule has 0 aromatic heterocycles. The average molecular weight is 244 g/mol. The summed E-state index contributed by atoms with van der Waals surface area (Å²) in [6.07, 6.45) is -4.47. The van der Waals surface area contributed by atoms with Crippen LogP contribution >= 0.6 is 0 Å². The van der Waals surface area contributed by atoms with Crippen LogP contribution in [0.2, 0.25) is 0 Å². The van der Waals surface area contributed by atoms with E-state index >= 15 is 0 Å². The van der Waals surface area contributed by atoms with Crippen molar-refractivity contribution in [1.82, 2.24) is 0 Å². The maximum absolute atomic E-state index is 12.8. The van der Waals surface area contributed by atoms with Gasteiger partial charge in [0.1, 0.15) is 6.04 Å². The van der Waals surface area contributed by atoms with Crippen LogP contribution in [0.5, 0.6) is 0 Å². The van der Waals surface area contributed by atoms with Gasteiger partial charge in [-0.2, -0.15) is 13.2 Å². The quantitative estimate of drug-likeness (QED) is 0.760. The molecule has 0 bridgehead atoms. The molecule has 6 heteroatoms. The van der Waals surface area contributed by atoms with Gasteiger partial charge in [-0.1, -0.05) is 6.07 Å². The molecule has 1 N–H and O–H groups in total. The summed E-state index contributed by atoms with van der Waals surface area (Å²) in [5.74, 6) is -0.380. The maximum Gasteiger partial charge on any atom is 0.418 e. The van der Waals surface area contributed by atoms with Crippen LogP contribution in [-0.2, 0) is 11.0 Å². The number of nitrogens with zero attached hydrogens (tertiary/aromatic N) is 1. The molecule has 1 amide bonds. The van der Waals surface area contributed by atoms with E-state index in [0.29, 0.717) is 5.69 Å². The third kappa shape index (κ3) is 1.83. The lowest BCUT2D eigenvalue weighted by Gasteiger charge is -2.33. The Hall–Kier alpha value is -1.72. The van der Waals surface area contributed by atoms with E-state index < -0.39 is 17.8 Å². The van der Waals surface area contributed by atoms with Crippen LogP contribution in [0.25, 0.3) is 0 Å². The third-order valence-corrected chi connectivity index (χ3v) is 2.75. The number of nitrogens with one attached hydrogen (secondary N) is 1. The largest absolute Gasteiger partial charge is 0.418 e. The summed E-state index contributed by atoms with van der Waals surface area (Å²) >= 11 is 0. The fourth-order valence-electron chi connectivity index (χ4n) is 1.95. The molecule has 1 atom stereocenters. The number of carbonyl (C=O) groups is 1. The van der Waals surface area contributed by atoms with Crippen molar-refractivity contribution in [3.63, 3.8) is 0 Å². The van der Waals surface area contributed by atoms with Gasteiger partial charge in [-0.05, 0) is 19.1 Å². The highest BCUT2D eigenvalue weighted by Gasteiger charge is 2.39. The second-order valence-electron chi connectivity index (χ2n) is 3.96. The minimum absolute atomic E-state index is 0.108. The number of para-hydroxylation sites is 1. The molecule has 1 aliphatic rings. The van der Waals surface area contributed by atoms with Crippen LogP contribution in [0.4, 0.5) is 24.5 Å². The molecule has 1 aromatic carbocycles. The van der Waals surface area contributed by atoms with Crippen molar-refractivity contribution >= 4 is 17.3 Å². The Morgan fingerprint density at radius 1 is 1.35 bits per heavy atom. The predicted octanol–water partition coefficient (Wildman–Crippen LogP) is 2.48. The van der Waals surface area contributed by atoms with Crippen molar-refractivity contribution in [2.24, 2.45) is 0 Å². The number of benzene rings is 1. The van der Waals surface area contributed by atoms with E-state index in [2.05, 4.69) is 5.32 Å². The van der Waals surface area contributed by atoms with Gasteiger partial charge in [0, 0.05) is 7.05 Å². The molecule has 1 aliphatic heterocycles. The highest BCUT2D eigenvalue weighted by molar-refractivity contribution is 6.05. The lowest BCUT2D eigenvalue weighted by Crippen LogP contribution is -2.44. The number of likely N-dealkylation sites (N-methyl/N-ethyl adjacent to an activating group) is 1. The fraction of sp³-hybridized carbons (Fsp3) is 0.364. The van der Waals surface area contributed by atoms with Gasteiger partial charge < -0.3 is 10.2 Å². The van der Waals surface area contributed by atoms with E-state index in [4.69, 9.17) is 0 Å². The summed E-state index contributed by atoms with van der Waals surface area (Å²) in [5.41, 5.74) is -0.581. The van der Waals surface area contributed by atoms with Gasteiger partial charge in [0.25, 0.3) is 0 Å². The molecular formula is C11H11F3N2O. The van der Waals surface area contributed by atoms with E-state index in [0.717, 1.165) is 11.0 Å². The number of halogens is 3. The van der Waals surface area contributed by atoms with Crippen LogP contribution in [-0.4, -0.2) is 19.0 Å². The van der Waals surface area contributed by atoms with Gasteiger partial charge in [0.05, 0.1) is 16.9 Å². The first-order valence-corrected chi connectivity index (χ1v) is 5.06. The zero-order chi connectivity index (χ0) is 12.8. The molecule has 0 saturated carbocycles. The summed E-state index contributed by atoms with van der Waals surface area (Å²) < 4.78 is 38.4. The topological polar surface area (TPSA) is 32.3 Å². The van der Waals surface area contributed by atoms with Crippen molar-refractivity contribution < 1.29 is 18.0 Å². The van der Waals surface area contributed by atoms with Gasteiger partial charge in [0.15, 0.2) is 0 Å². The zero-order valence-electron chi connectivity index (χ0n) is 9.30. The summed E-state index contributed by atoms with van der Waals surface area (Å²) in [7, 11) is 1.35. The molecule has 1 heterocycles. The number of carbonyl (C=O) groups excluding carboxylic acids is 1. The van der Waals surface area contributed by atoms with Crippen molar-refractivity contribution in [2.45, 2.75) is 19.1 Å². The van der Waals surface area contributed by atoms with Crippen LogP contribution in [0.3, 0.4) is 0 Å². The SMILES string of the molecule is CC1Nc2cccc(C(F)(F)F)c2N(C)C1=O. The highest BCUT2D eigenvalue weighted by Crippen LogP contribution is 2.42. The molecular weight excluding hydrogens is 233 g/mol. The number of hydrogen-bond acceptors (Lipinski definition) is 2. The summed E-state index contributed by atoms with van der Waals surface area (Å²) in [5, 5.41) is 2.76. The van der Waals surface area contributed by atoms with Gasteiger partial charge in [-0.25, -0.2) is 0 Å². The lowest BCUT2D eigenvalue weighted by molar-refractivity contribution is -0.137. The molecule has 0 saturated heterocycles. The predicted molar refractivity (Wildman–Crippen MR) is 57.9 cm³/mol. The average Bonchev–Trinajstić information content (AvgIpc) is 2.24. The number of fused-ring (bicyclic) bond motifs is 1. The molecule has 0 radical (unpaired) electrons. The smallest absolute Gasteiger partial charge is 0.372 e. The van der Waals surface area contributed by atoms with Crippen molar-refractivity contribution in [2.75, 3.05) is 17.3 Å². The minimum atomic E-state index is -4.47. The molecule has 0 spiro atoms. The summed E-state index contributed by atoms with van der Waals surface area (Å²) in [6, 6.07) is 3.31. The summed E-state index contributed by atoms with van der Waals surface area (Å²) in [6.45, 7) is 1.61. The normalized spacial score (nSPS) is 19.9. The lowest BCUT2D eigenvalue weighted by atomic mass is 10.1. The standard InChI is InChI=1S/C11H11F3N2O/c1-6-10(17)16(2)9-7(11(12,13)14)4-3-5-8(9)15-6/h3-6,15H,1-2H3. The van der Waals surface area contributed by atoms with E-state index in [9.17, 15) is 18.0 Å². The molecule has 17 heavy (non-hydrogen) atoms. The number of rotatable bonds is 0. The van der Waals surface area contributed by atoms with Crippen LogP contribution in [0, 0.1) is 0 Å². The van der Waals surface area contributed by atoms with Gasteiger partial charge in [0.2, 0.25) is 5.91 Å². The summed E-state index contributed by atoms with van der Waals surface area (Å²) in [4.78, 5) is 12.7. The van der Waals surface area contributed by atoms with Crippen LogP contribution in [0.15, 0.2) is 18.2 Å². The van der Waals surface area contributed by atoms with Gasteiger partial charge in [-0.3, -0.25) is 4.79 Å².